The van der Waals surface area contributed by atoms with Crippen molar-refractivity contribution >= 4 is 5.91 Å². The fourth-order valence-corrected chi connectivity index (χ4v) is 3.72. The largest absolute Gasteiger partial charge is 0.384 e. The van der Waals surface area contributed by atoms with E-state index < -0.39 is 5.60 Å². The zero-order chi connectivity index (χ0) is 15.9. The topological polar surface area (TPSA) is 75.1 Å². The summed E-state index contributed by atoms with van der Waals surface area (Å²) in [5.74, 6) is 0.754. The Kier molecular flexibility index (Phi) is 3.93. The average Bonchev–Trinajstić information content (AvgIpc) is 2.71. The highest BCUT2D eigenvalue weighted by molar-refractivity contribution is 5.92. The summed E-state index contributed by atoms with van der Waals surface area (Å²) in [5, 5.41) is 13.5. The van der Waals surface area contributed by atoms with Crippen LogP contribution in [0.2, 0.25) is 0 Å². The van der Waals surface area contributed by atoms with Crippen molar-refractivity contribution in [2.24, 2.45) is 5.92 Å². The normalized spacial score (nSPS) is 34.3. The molecule has 0 bridgehead atoms. The molecule has 5 nitrogen and oxygen atoms in total. The van der Waals surface area contributed by atoms with E-state index >= 15 is 0 Å². The SMILES string of the molecule is CC1CCC(NC(=O)c2cnc3c(n2)C(C)(O)CC3C)CC1. The third kappa shape index (κ3) is 2.86. The summed E-state index contributed by atoms with van der Waals surface area (Å²) in [6.45, 7) is 6.03. The minimum absolute atomic E-state index is 0.175. The van der Waals surface area contributed by atoms with Crippen LogP contribution in [0.15, 0.2) is 6.20 Å². The highest BCUT2D eigenvalue weighted by atomic mass is 16.3. The molecule has 1 fully saturated rings. The third-order valence-corrected chi connectivity index (χ3v) is 5.07. The third-order valence-electron chi connectivity index (χ3n) is 5.07. The molecule has 0 radical (unpaired) electrons. The Morgan fingerprint density at radius 2 is 2.00 bits per heavy atom. The quantitative estimate of drug-likeness (QED) is 0.880. The van der Waals surface area contributed by atoms with Gasteiger partial charge in [-0.15, -0.1) is 0 Å². The van der Waals surface area contributed by atoms with Crippen molar-refractivity contribution in [1.82, 2.24) is 15.3 Å². The number of nitrogens with one attached hydrogen (secondary N) is 1. The lowest BCUT2D eigenvalue weighted by molar-refractivity contribution is 0.0510. The van der Waals surface area contributed by atoms with E-state index in [1.54, 1.807) is 6.92 Å². The maximum atomic E-state index is 12.4. The van der Waals surface area contributed by atoms with Crippen molar-refractivity contribution in [3.8, 4) is 0 Å². The van der Waals surface area contributed by atoms with Gasteiger partial charge in [-0.1, -0.05) is 13.8 Å². The average molecular weight is 303 g/mol. The smallest absolute Gasteiger partial charge is 0.271 e. The zero-order valence-electron chi connectivity index (χ0n) is 13.6. The molecule has 0 aliphatic heterocycles. The first kappa shape index (κ1) is 15.4. The van der Waals surface area contributed by atoms with Crippen LogP contribution in [0, 0.1) is 5.92 Å². The molecule has 2 unspecified atom stereocenters. The lowest BCUT2D eigenvalue weighted by atomic mass is 9.87. The molecule has 1 heterocycles. The van der Waals surface area contributed by atoms with Crippen LogP contribution in [0.4, 0.5) is 0 Å². The number of aromatic nitrogens is 2. The molecule has 2 aliphatic rings. The number of hydrogen-bond acceptors (Lipinski definition) is 4. The molecule has 2 atom stereocenters. The van der Waals surface area contributed by atoms with Crippen molar-refractivity contribution in [1.29, 1.82) is 0 Å². The van der Waals surface area contributed by atoms with Gasteiger partial charge >= 0.3 is 0 Å². The summed E-state index contributed by atoms with van der Waals surface area (Å²) in [6, 6.07) is 0.234. The van der Waals surface area contributed by atoms with Crippen LogP contribution in [0.1, 0.15) is 80.7 Å². The van der Waals surface area contributed by atoms with E-state index in [-0.39, 0.29) is 17.9 Å². The zero-order valence-corrected chi connectivity index (χ0v) is 13.6. The molecule has 2 aliphatic carbocycles. The van der Waals surface area contributed by atoms with Crippen LogP contribution in [0.3, 0.4) is 0 Å². The minimum atomic E-state index is -0.988. The van der Waals surface area contributed by atoms with Crippen LogP contribution in [-0.4, -0.2) is 27.0 Å². The Hall–Kier alpha value is -1.49. The maximum Gasteiger partial charge on any atom is 0.271 e. The number of amides is 1. The molecule has 1 saturated carbocycles. The predicted molar refractivity (Wildman–Crippen MR) is 83.5 cm³/mol. The molecule has 0 saturated heterocycles. The van der Waals surface area contributed by atoms with Gasteiger partial charge in [0.1, 0.15) is 11.3 Å². The van der Waals surface area contributed by atoms with Gasteiger partial charge in [0.05, 0.1) is 17.6 Å². The first-order valence-corrected chi connectivity index (χ1v) is 8.27. The molecule has 22 heavy (non-hydrogen) atoms. The van der Waals surface area contributed by atoms with E-state index in [1.165, 1.54) is 6.20 Å². The number of carbonyl (C=O) groups is 1. The summed E-state index contributed by atoms with van der Waals surface area (Å²) in [4.78, 5) is 21.2. The first-order valence-electron chi connectivity index (χ1n) is 8.27. The van der Waals surface area contributed by atoms with Gasteiger partial charge in [0.15, 0.2) is 0 Å². The van der Waals surface area contributed by atoms with Gasteiger partial charge in [-0.25, -0.2) is 4.98 Å². The van der Waals surface area contributed by atoms with E-state index in [0.717, 1.165) is 37.3 Å². The van der Waals surface area contributed by atoms with Gasteiger partial charge in [0.25, 0.3) is 5.91 Å². The summed E-state index contributed by atoms with van der Waals surface area (Å²) in [5.41, 5.74) is 0.697. The van der Waals surface area contributed by atoms with Crippen LogP contribution in [-0.2, 0) is 5.60 Å². The number of rotatable bonds is 2. The molecular weight excluding hydrogens is 278 g/mol. The molecule has 2 N–H and O–H groups in total. The Labute approximate surface area is 131 Å². The number of nitrogens with zero attached hydrogens (tertiary/aromatic N) is 2. The summed E-state index contributed by atoms with van der Waals surface area (Å²) in [7, 11) is 0. The Balaban J connectivity index is 1.74. The maximum absolute atomic E-state index is 12.4. The minimum Gasteiger partial charge on any atom is -0.384 e. The lowest BCUT2D eigenvalue weighted by Crippen LogP contribution is -2.38. The van der Waals surface area contributed by atoms with E-state index in [9.17, 15) is 9.90 Å². The second-order valence-electron chi connectivity index (χ2n) is 7.30. The van der Waals surface area contributed by atoms with E-state index in [0.29, 0.717) is 17.8 Å². The second kappa shape index (κ2) is 5.61. The van der Waals surface area contributed by atoms with Crippen molar-refractivity contribution in [3.63, 3.8) is 0 Å². The summed E-state index contributed by atoms with van der Waals surface area (Å²) >= 11 is 0. The fourth-order valence-electron chi connectivity index (χ4n) is 3.72. The highest BCUT2D eigenvalue weighted by Gasteiger charge is 2.40. The molecule has 0 spiro atoms. The lowest BCUT2D eigenvalue weighted by Gasteiger charge is -2.26. The number of carbonyl (C=O) groups excluding carboxylic acids is 1. The van der Waals surface area contributed by atoms with Crippen LogP contribution < -0.4 is 5.32 Å². The Morgan fingerprint density at radius 3 is 2.68 bits per heavy atom. The van der Waals surface area contributed by atoms with Gasteiger partial charge in [0.2, 0.25) is 0 Å². The van der Waals surface area contributed by atoms with Crippen molar-refractivity contribution in [2.45, 2.75) is 70.4 Å². The molecule has 1 aromatic rings. The van der Waals surface area contributed by atoms with E-state index in [1.807, 2.05) is 6.92 Å². The molecule has 3 rings (SSSR count). The van der Waals surface area contributed by atoms with Gasteiger partial charge < -0.3 is 10.4 Å². The number of fused-ring (bicyclic) bond motifs is 1. The van der Waals surface area contributed by atoms with Crippen LogP contribution >= 0.6 is 0 Å². The molecular formula is C17H25N3O2. The van der Waals surface area contributed by atoms with Gasteiger partial charge in [-0.3, -0.25) is 9.78 Å². The Bertz CT molecular complexity index is 577. The van der Waals surface area contributed by atoms with E-state index in [2.05, 4.69) is 22.2 Å². The first-order chi connectivity index (χ1) is 10.4. The summed E-state index contributed by atoms with van der Waals surface area (Å²) < 4.78 is 0. The molecule has 120 valence electrons. The number of hydrogen-bond donors (Lipinski definition) is 2. The predicted octanol–water partition coefficient (Wildman–Crippen LogP) is 2.50. The van der Waals surface area contributed by atoms with Gasteiger partial charge in [-0.05, 0) is 44.9 Å². The number of aliphatic hydroxyl groups is 1. The van der Waals surface area contributed by atoms with Crippen molar-refractivity contribution in [3.05, 3.63) is 23.3 Å². The molecule has 1 aromatic heterocycles. The molecule has 1 amide bonds. The van der Waals surface area contributed by atoms with Crippen molar-refractivity contribution < 1.29 is 9.90 Å². The molecule has 5 heteroatoms. The van der Waals surface area contributed by atoms with Crippen LogP contribution in [0.5, 0.6) is 0 Å². The Morgan fingerprint density at radius 1 is 1.32 bits per heavy atom. The summed E-state index contributed by atoms with van der Waals surface area (Å²) in [6.07, 6.45) is 6.52. The van der Waals surface area contributed by atoms with E-state index in [4.69, 9.17) is 0 Å². The monoisotopic (exact) mass is 303 g/mol. The second-order valence-corrected chi connectivity index (χ2v) is 7.30. The van der Waals surface area contributed by atoms with Crippen molar-refractivity contribution in [2.75, 3.05) is 0 Å². The van der Waals surface area contributed by atoms with Crippen LogP contribution in [0.25, 0.3) is 0 Å². The highest BCUT2D eigenvalue weighted by Crippen LogP contribution is 2.41. The van der Waals surface area contributed by atoms with Gasteiger partial charge in [-0.2, -0.15) is 0 Å². The van der Waals surface area contributed by atoms with Gasteiger partial charge in [0, 0.05) is 12.0 Å². The fraction of sp³-hybridized carbons (Fsp3) is 0.706. The standard InChI is InChI=1S/C17H25N3O2/c1-10-4-6-12(7-5-10)19-16(21)13-9-18-14-11(2)8-17(3,22)15(14)20-13/h9-12,22H,4-8H2,1-3H3,(H,19,21). The molecule has 0 aromatic carbocycles.